The zero-order valence-corrected chi connectivity index (χ0v) is 16.5. The zero-order chi connectivity index (χ0) is 20.2. The number of carbonyl (C=O) groups is 1. The molecule has 144 valence electrons. The first-order valence-electron chi connectivity index (χ1n) is 9.25. The number of aryl methyl sites for hydroxylation is 3. The fourth-order valence-electron chi connectivity index (χ4n) is 4.28. The van der Waals surface area contributed by atoms with E-state index in [-0.39, 0.29) is 5.56 Å². The fourth-order valence-corrected chi connectivity index (χ4v) is 4.60. The molecule has 0 fully saturated rings. The Morgan fingerprint density at radius 2 is 2.04 bits per heavy atom. The average Bonchev–Trinajstić information content (AvgIpc) is 2.98. The molecular weight excluding hydrogens is 376 g/mol. The van der Waals surface area contributed by atoms with Crippen molar-refractivity contribution in [3.63, 3.8) is 0 Å². The number of aromatic carboxylic acids is 1. The van der Waals surface area contributed by atoms with Crippen LogP contribution in [0.1, 0.15) is 46.0 Å². The van der Waals surface area contributed by atoms with Crippen LogP contribution in [-0.2, 0) is 18.5 Å². The molecule has 1 atom stereocenters. The van der Waals surface area contributed by atoms with E-state index in [2.05, 4.69) is 6.07 Å². The van der Waals surface area contributed by atoms with Crippen LogP contribution < -0.4 is 11.2 Å². The van der Waals surface area contributed by atoms with Crippen molar-refractivity contribution in [2.75, 3.05) is 0 Å². The maximum atomic E-state index is 12.8. The molecule has 2 aromatic carbocycles. The van der Waals surface area contributed by atoms with Gasteiger partial charge in [0.25, 0.3) is 0 Å². The smallest absolute Gasteiger partial charge is 0.341 e. The first kappa shape index (κ1) is 18.7. The Morgan fingerprint density at radius 3 is 2.71 bits per heavy atom. The van der Waals surface area contributed by atoms with Crippen molar-refractivity contribution in [3.05, 3.63) is 79.6 Å². The molecule has 3 N–H and O–H groups in total. The molecule has 0 radical (unpaired) electrons. The summed E-state index contributed by atoms with van der Waals surface area (Å²) < 4.78 is 1.73. The van der Waals surface area contributed by atoms with Crippen molar-refractivity contribution in [1.82, 2.24) is 4.57 Å². The molecular formula is C22H21ClN2O3. The Kier molecular flexibility index (Phi) is 4.32. The van der Waals surface area contributed by atoms with Gasteiger partial charge in [-0.05, 0) is 55.5 Å². The number of hydrogen-bond acceptors (Lipinski definition) is 3. The van der Waals surface area contributed by atoms with E-state index in [9.17, 15) is 14.7 Å². The highest BCUT2D eigenvalue weighted by atomic mass is 35.5. The molecule has 0 saturated carbocycles. The molecule has 0 amide bonds. The molecule has 6 heteroatoms. The van der Waals surface area contributed by atoms with Crippen molar-refractivity contribution in [2.24, 2.45) is 5.73 Å². The number of fused-ring (bicyclic) bond motifs is 2. The maximum absolute atomic E-state index is 12.8. The number of rotatable bonds is 3. The van der Waals surface area contributed by atoms with E-state index in [1.165, 1.54) is 17.3 Å². The van der Waals surface area contributed by atoms with Crippen LogP contribution in [0.2, 0.25) is 5.02 Å². The Morgan fingerprint density at radius 1 is 1.29 bits per heavy atom. The lowest BCUT2D eigenvalue weighted by Gasteiger charge is -2.28. The van der Waals surface area contributed by atoms with Gasteiger partial charge in [-0.15, -0.1) is 0 Å². The number of halogens is 1. The molecule has 1 aromatic heterocycles. The normalized spacial score (nSPS) is 18.4. The van der Waals surface area contributed by atoms with Gasteiger partial charge in [-0.25, -0.2) is 4.79 Å². The Bertz CT molecular complexity index is 1200. The van der Waals surface area contributed by atoms with Gasteiger partial charge in [0.05, 0.1) is 11.1 Å². The van der Waals surface area contributed by atoms with Crippen molar-refractivity contribution in [1.29, 1.82) is 0 Å². The van der Waals surface area contributed by atoms with Gasteiger partial charge in [0.2, 0.25) is 5.43 Å². The van der Waals surface area contributed by atoms with Crippen molar-refractivity contribution >= 4 is 28.5 Å². The number of aromatic nitrogens is 1. The van der Waals surface area contributed by atoms with Crippen LogP contribution in [-0.4, -0.2) is 15.6 Å². The van der Waals surface area contributed by atoms with Gasteiger partial charge in [0.15, 0.2) is 0 Å². The summed E-state index contributed by atoms with van der Waals surface area (Å²) in [6.07, 6.45) is 2.88. The molecule has 1 aliphatic carbocycles. The molecule has 1 aliphatic rings. The SMILES string of the molecule is CCn1cc(C(=O)O)c(=O)c2cc(C3(N)CCc4cc(C)ccc43)c(Cl)cc21. The molecule has 0 bridgehead atoms. The van der Waals surface area contributed by atoms with Crippen LogP contribution in [0.3, 0.4) is 0 Å². The number of nitrogens with zero attached hydrogens (tertiary/aromatic N) is 1. The minimum Gasteiger partial charge on any atom is -0.477 e. The minimum absolute atomic E-state index is 0.254. The highest BCUT2D eigenvalue weighted by Crippen LogP contribution is 2.43. The molecule has 0 spiro atoms. The highest BCUT2D eigenvalue weighted by Gasteiger charge is 2.38. The third-order valence-electron chi connectivity index (χ3n) is 5.75. The van der Waals surface area contributed by atoms with Gasteiger partial charge >= 0.3 is 5.97 Å². The molecule has 4 rings (SSSR count). The molecule has 1 heterocycles. The van der Waals surface area contributed by atoms with E-state index in [4.69, 9.17) is 17.3 Å². The van der Waals surface area contributed by atoms with Gasteiger partial charge < -0.3 is 15.4 Å². The fraction of sp³-hybridized carbons (Fsp3) is 0.273. The number of benzene rings is 2. The van der Waals surface area contributed by atoms with Crippen molar-refractivity contribution in [3.8, 4) is 0 Å². The molecule has 0 saturated heterocycles. The van der Waals surface area contributed by atoms with Gasteiger partial charge in [-0.2, -0.15) is 0 Å². The van der Waals surface area contributed by atoms with Gasteiger partial charge in [-0.1, -0.05) is 35.4 Å². The van der Waals surface area contributed by atoms with Crippen LogP contribution in [0.5, 0.6) is 0 Å². The van der Waals surface area contributed by atoms with Crippen molar-refractivity contribution in [2.45, 2.75) is 38.8 Å². The lowest BCUT2D eigenvalue weighted by Crippen LogP contribution is -2.36. The molecule has 0 aliphatic heterocycles. The van der Waals surface area contributed by atoms with E-state index < -0.39 is 16.9 Å². The lowest BCUT2D eigenvalue weighted by atomic mass is 9.84. The topological polar surface area (TPSA) is 85.3 Å². The second kappa shape index (κ2) is 6.47. The van der Waals surface area contributed by atoms with Crippen LogP contribution >= 0.6 is 11.6 Å². The standard InChI is InChI=1S/C22H21ClN2O3/c1-3-25-11-15(21(27)28)20(26)14-9-17(18(23)10-19(14)25)22(24)7-6-13-8-12(2)4-5-16(13)22/h4-5,8-11H,3,6-7,24H2,1-2H3,(H,27,28). The van der Waals surface area contributed by atoms with Gasteiger partial charge in [-0.3, -0.25) is 4.79 Å². The van der Waals surface area contributed by atoms with Crippen LogP contribution in [0.4, 0.5) is 0 Å². The minimum atomic E-state index is -1.24. The number of carboxylic acids is 1. The predicted octanol–water partition coefficient (Wildman–Crippen LogP) is 3.83. The summed E-state index contributed by atoms with van der Waals surface area (Å²) >= 11 is 6.64. The largest absolute Gasteiger partial charge is 0.477 e. The van der Waals surface area contributed by atoms with E-state index in [1.807, 2.05) is 26.0 Å². The highest BCUT2D eigenvalue weighted by molar-refractivity contribution is 6.32. The Hall–Kier alpha value is -2.63. The Labute approximate surface area is 167 Å². The van der Waals surface area contributed by atoms with Crippen molar-refractivity contribution < 1.29 is 9.90 Å². The lowest BCUT2D eigenvalue weighted by molar-refractivity contribution is 0.0695. The number of pyridine rings is 1. The predicted molar refractivity (Wildman–Crippen MR) is 110 cm³/mol. The van der Waals surface area contributed by atoms with E-state index in [0.29, 0.717) is 34.5 Å². The Balaban J connectivity index is 2.02. The van der Waals surface area contributed by atoms with E-state index in [0.717, 1.165) is 12.0 Å². The first-order valence-corrected chi connectivity index (χ1v) is 9.63. The van der Waals surface area contributed by atoms with Crippen LogP contribution in [0, 0.1) is 6.92 Å². The quantitative estimate of drug-likeness (QED) is 0.704. The summed E-state index contributed by atoms with van der Waals surface area (Å²) in [7, 11) is 0. The summed E-state index contributed by atoms with van der Waals surface area (Å²) in [4.78, 5) is 24.4. The van der Waals surface area contributed by atoms with Crippen LogP contribution in [0.15, 0.2) is 41.3 Å². The first-order chi connectivity index (χ1) is 13.3. The molecule has 3 aromatic rings. The molecule has 28 heavy (non-hydrogen) atoms. The second-order valence-corrected chi connectivity index (χ2v) is 7.85. The van der Waals surface area contributed by atoms with E-state index >= 15 is 0 Å². The average molecular weight is 397 g/mol. The summed E-state index contributed by atoms with van der Waals surface area (Å²) in [6.45, 7) is 4.44. The number of nitrogens with two attached hydrogens (primary N) is 1. The van der Waals surface area contributed by atoms with Gasteiger partial charge in [0.1, 0.15) is 5.56 Å². The molecule has 5 nitrogen and oxygen atoms in total. The summed E-state index contributed by atoms with van der Waals surface area (Å²) in [5, 5.41) is 10.2. The van der Waals surface area contributed by atoms with Gasteiger partial charge in [0, 0.05) is 23.2 Å². The number of carboxylic acid groups (broad SMARTS) is 1. The maximum Gasteiger partial charge on any atom is 0.341 e. The zero-order valence-electron chi connectivity index (χ0n) is 15.8. The third kappa shape index (κ3) is 2.65. The third-order valence-corrected chi connectivity index (χ3v) is 6.06. The summed E-state index contributed by atoms with van der Waals surface area (Å²) in [5.41, 5.74) is 9.89. The summed E-state index contributed by atoms with van der Waals surface area (Å²) in [6, 6.07) is 9.59. The number of hydrogen-bond donors (Lipinski definition) is 2. The second-order valence-electron chi connectivity index (χ2n) is 7.44. The van der Waals surface area contributed by atoms with Crippen LogP contribution in [0.25, 0.3) is 10.9 Å². The monoisotopic (exact) mass is 396 g/mol. The molecule has 1 unspecified atom stereocenters. The summed E-state index contributed by atoms with van der Waals surface area (Å²) in [5.74, 6) is -1.24. The van der Waals surface area contributed by atoms with E-state index in [1.54, 1.807) is 16.7 Å².